The van der Waals surface area contributed by atoms with Gasteiger partial charge in [-0.1, -0.05) is 37.3 Å². The van der Waals surface area contributed by atoms with Crippen LogP contribution in [-0.2, 0) is 11.3 Å². The Hall–Kier alpha value is -3.29. The molecular weight excluding hydrogens is 332 g/mol. The van der Waals surface area contributed by atoms with Crippen molar-refractivity contribution in [2.24, 2.45) is 11.0 Å². The maximum Gasteiger partial charge on any atom is 0.263 e. The number of carbonyl (C=O) groups excluding carboxylic acids is 1. The van der Waals surface area contributed by atoms with Crippen LogP contribution in [0.5, 0.6) is 0 Å². The van der Waals surface area contributed by atoms with Crippen molar-refractivity contribution in [1.82, 2.24) is 25.6 Å². The van der Waals surface area contributed by atoms with E-state index < -0.39 is 0 Å². The average molecular weight is 350 g/mol. The Morgan fingerprint density at radius 2 is 2.15 bits per heavy atom. The van der Waals surface area contributed by atoms with Crippen LogP contribution >= 0.6 is 0 Å². The molecule has 0 bridgehead atoms. The Balaban J connectivity index is 1.30. The third-order valence-electron chi connectivity index (χ3n) is 4.27. The lowest BCUT2D eigenvalue weighted by Crippen LogP contribution is -2.24. The first-order valence-electron chi connectivity index (χ1n) is 8.44. The number of hydrazone groups is 1. The summed E-state index contributed by atoms with van der Waals surface area (Å²) in [6.07, 6.45) is 2.65. The van der Waals surface area contributed by atoms with Gasteiger partial charge in [0.05, 0.1) is 6.21 Å². The number of hydrogen-bond acceptors (Lipinski definition) is 6. The third-order valence-corrected chi connectivity index (χ3v) is 4.27. The van der Waals surface area contributed by atoms with Gasteiger partial charge in [-0.3, -0.25) is 4.79 Å². The normalized spacial score (nSPS) is 19.0. The lowest BCUT2D eigenvalue weighted by Gasteiger charge is -1.97. The Morgan fingerprint density at radius 1 is 1.35 bits per heavy atom. The SMILES string of the molecule is C[C@@H]1C[C@@H]1c1ccc(/C=N\NC(=O)Cn2nnc(-c3ccccc3)n2)o1. The number of rotatable bonds is 6. The van der Waals surface area contributed by atoms with E-state index in [0.29, 0.717) is 23.4 Å². The molecule has 0 aliphatic heterocycles. The van der Waals surface area contributed by atoms with Crippen LogP contribution in [0.3, 0.4) is 0 Å². The van der Waals surface area contributed by atoms with Gasteiger partial charge in [-0.05, 0) is 29.7 Å². The number of benzene rings is 1. The standard InChI is InChI=1S/C18H18N6O2/c1-12-9-15(12)16-8-7-14(26-16)10-19-20-17(25)11-24-22-18(21-23-24)13-5-3-2-4-6-13/h2-8,10,12,15H,9,11H2,1H3,(H,20,25)/b19-10-/t12-,15+/m1/s1. The Kier molecular flexibility index (Phi) is 4.30. The van der Waals surface area contributed by atoms with E-state index in [1.54, 1.807) is 0 Å². The minimum absolute atomic E-state index is 0.0693. The van der Waals surface area contributed by atoms with Crippen molar-refractivity contribution < 1.29 is 9.21 Å². The molecule has 0 unspecified atom stereocenters. The molecule has 0 spiro atoms. The lowest BCUT2D eigenvalue weighted by molar-refractivity contribution is -0.122. The van der Waals surface area contributed by atoms with Gasteiger partial charge in [-0.2, -0.15) is 9.90 Å². The van der Waals surface area contributed by atoms with Crippen LogP contribution in [0.15, 0.2) is 52.0 Å². The Morgan fingerprint density at radius 3 is 2.92 bits per heavy atom. The molecule has 1 aliphatic rings. The minimum atomic E-state index is -0.346. The summed E-state index contributed by atoms with van der Waals surface area (Å²) in [5.41, 5.74) is 3.28. The Labute approximate surface area is 149 Å². The van der Waals surface area contributed by atoms with Gasteiger partial charge in [0.15, 0.2) is 0 Å². The highest BCUT2D eigenvalue weighted by atomic mass is 16.3. The van der Waals surface area contributed by atoms with Crippen molar-refractivity contribution in [2.75, 3.05) is 0 Å². The van der Waals surface area contributed by atoms with Gasteiger partial charge in [0, 0.05) is 11.5 Å². The fourth-order valence-electron chi connectivity index (χ4n) is 2.70. The second kappa shape index (κ2) is 6.91. The van der Waals surface area contributed by atoms with Gasteiger partial charge >= 0.3 is 0 Å². The van der Waals surface area contributed by atoms with Crippen LogP contribution in [0, 0.1) is 5.92 Å². The van der Waals surface area contributed by atoms with Crippen LogP contribution in [-0.4, -0.2) is 32.3 Å². The van der Waals surface area contributed by atoms with E-state index in [1.165, 1.54) is 11.0 Å². The summed E-state index contributed by atoms with van der Waals surface area (Å²) in [6, 6.07) is 13.3. The van der Waals surface area contributed by atoms with E-state index >= 15 is 0 Å². The maximum absolute atomic E-state index is 11.9. The zero-order valence-corrected chi connectivity index (χ0v) is 14.2. The number of tetrazole rings is 1. The monoisotopic (exact) mass is 350 g/mol. The molecule has 26 heavy (non-hydrogen) atoms. The molecule has 8 nitrogen and oxygen atoms in total. The fourth-order valence-corrected chi connectivity index (χ4v) is 2.70. The summed E-state index contributed by atoms with van der Waals surface area (Å²) in [6.45, 7) is 2.13. The second-order valence-electron chi connectivity index (χ2n) is 6.36. The highest BCUT2D eigenvalue weighted by molar-refractivity contribution is 5.80. The molecule has 4 rings (SSSR count). The quantitative estimate of drug-likeness (QED) is 0.543. The van der Waals surface area contributed by atoms with Crippen LogP contribution in [0.25, 0.3) is 11.4 Å². The highest BCUT2D eigenvalue weighted by Crippen LogP contribution is 2.47. The van der Waals surface area contributed by atoms with Crippen molar-refractivity contribution in [3.05, 3.63) is 54.0 Å². The van der Waals surface area contributed by atoms with Crippen molar-refractivity contribution in [3.63, 3.8) is 0 Å². The first kappa shape index (κ1) is 16.2. The summed E-state index contributed by atoms with van der Waals surface area (Å²) in [5, 5.41) is 15.9. The van der Waals surface area contributed by atoms with Gasteiger partial charge in [-0.15, -0.1) is 10.2 Å². The maximum atomic E-state index is 11.9. The lowest BCUT2D eigenvalue weighted by atomic mass is 10.2. The largest absolute Gasteiger partial charge is 0.460 e. The molecule has 0 saturated heterocycles. The van der Waals surface area contributed by atoms with E-state index in [-0.39, 0.29) is 12.5 Å². The molecule has 1 aliphatic carbocycles. The van der Waals surface area contributed by atoms with E-state index in [4.69, 9.17) is 4.42 Å². The molecule has 8 heteroatoms. The number of amides is 1. The van der Waals surface area contributed by atoms with Crippen LogP contribution < -0.4 is 5.43 Å². The second-order valence-corrected chi connectivity index (χ2v) is 6.36. The Bertz CT molecular complexity index is 930. The van der Waals surface area contributed by atoms with E-state index in [1.807, 2.05) is 42.5 Å². The van der Waals surface area contributed by atoms with Gasteiger partial charge in [-0.25, -0.2) is 5.43 Å². The molecule has 3 aromatic rings. The number of furan rings is 1. The molecule has 1 saturated carbocycles. The van der Waals surface area contributed by atoms with Gasteiger partial charge in [0.1, 0.15) is 18.1 Å². The first-order chi connectivity index (χ1) is 12.7. The molecule has 2 atom stereocenters. The number of nitrogens with zero attached hydrogens (tertiary/aromatic N) is 5. The minimum Gasteiger partial charge on any atom is -0.460 e. The summed E-state index contributed by atoms with van der Waals surface area (Å²) in [4.78, 5) is 13.2. The fraction of sp³-hybridized carbons (Fsp3) is 0.278. The smallest absolute Gasteiger partial charge is 0.263 e. The molecule has 1 fully saturated rings. The van der Waals surface area contributed by atoms with Crippen LogP contribution in [0.1, 0.15) is 30.8 Å². The summed E-state index contributed by atoms with van der Waals surface area (Å²) < 4.78 is 5.69. The molecule has 1 amide bonds. The predicted octanol–water partition coefficient (Wildman–Crippen LogP) is 2.21. The molecular formula is C18H18N6O2. The van der Waals surface area contributed by atoms with E-state index in [9.17, 15) is 4.79 Å². The van der Waals surface area contributed by atoms with E-state index in [0.717, 1.165) is 17.7 Å². The molecule has 2 aromatic heterocycles. The molecule has 1 N–H and O–H groups in total. The molecule has 1 aromatic carbocycles. The van der Waals surface area contributed by atoms with Crippen molar-refractivity contribution >= 4 is 12.1 Å². The van der Waals surface area contributed by atoms with Gasteiger partial charge < -0.3 is 4.42 Å². The molecule has 132 valence electrons. The average Bonchev–Trinajstić information content (AvgIpc) is 3.03. The third kappa shape index (κ3) is 3.69. The number of aromatic nitrogens is 4. The zero-order valence-electron chi connectivity index (χ0n) is 14.2. The molecule has 0 radical (unpaired) electrons. The number of nitrogens with one attached hydrogen (secondary N) is 1. The highest BCUT2D eigenvalue weighted by Gasteiger charge is 2.36. The predicted molar refractivity (Wildman–Crippen MR) is 94.2 cm³/mol. The van der Waals surface area contributed by atoms with Gasteiger partial charge in [0.2, 0.25) is 5.82 Å². The first-order valence-corrected chi connectivity index (χ1v) is 8.44. The number of hydrogen-bond donors (Lipinski definition) is 1. The summed E-state index contributed by atoms with van der Waals surface area (Å²) in [7, 11) is 0. The molecule has 2 heterocycles. The van der Waals surface area contributed by atoms with Crippen molar-refractivity contribution in [1.29, 1.82) is 0 Å². The number of carbonyl (C=O) groups is 1. The van der Waals surface area contributed by atoms with E-state index in [2.05, 4.69) is 32.9 Å². The van der Waals surface area contributed by atoms with Crippen LogP contribution in [0.4, 0.5) is 0 Å². The summed E-state index contributed by atoms with van der Waals surface area (Å²) in [5.74, 6) is 2.92. The zero-order chi connectivity index (χ0) is 17.9. The van der Waals surface area contributed by atoms with Gasteiger partial charge in [0.25, 0.3) is 5.91 Å². The summed E-state index contributed by atoms with van der Waals surface area (Å²) >= 11 is 0. The topological polar surface area (TPSA) is 98.2 Å². The van der Waals surface area contributed by atoms with Crippen molar-refractivity contribution in [3.8, 4) is 11.4 Å². The van der Waals surface area contributed by atoms with Crippen LogP contribution in [0.2, 0.25) is 0 Å². The van der Waals surface area contributed by atoms with Crippen molar-refractivity contribution in [2.45, 2.75) is 25.8 Å².